The molecule has 1 fully saturated rings. The van der Waals surface area contributed by atoms with Gasteiger partial charge in [-0.15, -0.1) is 24.0 Å². The van der Waals surface area contributed by atoms with Gasteiger partial charge in [0.1, 0.15) is 0 Å². The van der Waals surface area contributed by atoms with Crippen LogP contribution >= 0.6 is 24.0 Å². The average Bonchev–Trinajstić information content (AvgIpc) is 3.06. The molecule has 0 saturated carbocycles. The minimum Gasteiger partial charge on any atom is -0.355 e. The fraction of sp³-hybridized carbons (Fsp3) is 0.800. The van der Waals surface area contributed by atoms with Crippen LogP contribution in [0.3, 0.4) is 0 Å². The molecule has 1 aromatic heterocycles. The van der Waals surface area contributed by atoms with Crippen molar-refractivity contribution < 1.29 is 0 Å². The number of piperidine rings is 1. The van der Waals surface area contributed by atoms with E-state index < -0.39 is 0 Å². The van der Waals surface area contributed by atoms with Crippen molar-refractivity contribution in [3.8, 4) is 0 Å². The van der Waals surface area contributed by atoms with Crippen molar-refractivity contribution in [1.29, 1.82) is 0 Å². The van der Waals surface area contributed by atoms with Gasteiger partial charge in [0, 0.05) is 50.9 Å². The summed E-state index contributed by atoms with van der Waals surface area (Å²) in [4.78, 5) is 7.02. The fourth-order valence-corrected chi connectivity index (χ4v) is 4.10. The highest BCUT2D eigenvalue weighted by atomic mass is 127. The molecule has 154 valence electrons. The molecule has 1 saturated heterocycles. The monoisotopic (exact) mass is 488 g/mol. The first-order valence-corrected chi connectivity index (χ1v) is 10.3. The first kappa shape index (κ1) is 22.5. The molecule has 3 rings (SSSR count). The van der Waals surface area contributed by atoms with Crippen LogP contribution in [0.15, 0.2) is 11.2 Å². The molecule has 2 aliphatic rings. The number of nitrogens with zero attached hydrogens (tertiary/aromatic N) is 4. The summed E-state index contributed by atoms with van der Waals surface area (Å²) in [6.45, 7) is 9.99. The molecule has 1 aliphatic heterocycles. The second kappa shape index (κ2) is 10.6. The third-order valence-electron chi connectivity index (χ3n) is 5.82. The largest absolute Gasteiger partial charge is 0.355 e. The molecule has 1 aliphatic carbocycles. The van der Waals surface area contributed by atoms with Crippen molar-refractivity contribution in [2.24, 2.45) is 4.99 Å². The summed E-state index contributed by atoms with van der Waals surface area (Å²) in [6.07, 6.45) is 9.50. The molecule has 7 heteroatoms. The number of hydrogen-bond donors (Lipinski definition) is 2. The molecule has 0 aromatic carbocycles. The van der Waals surface area contributed by atoms with Crippen LogP contribution < -0.4 is 10.6 Å². The van der Waals surface area contributed by atoms with Crippen LogP contribution in [-0.4, -0.2) is 59.4 Å². The summed E-state index contributed by atoms with van der Waals surface area (Å²) in [5.41, 5.74) is 2.67. The second-order valence-electron chi connectivity index (χ2n) is 8.14. The predicted molar refractivity (Wildman–Crippen MR) is 123 cm³/mol. The second-order valence-corrected chi connectivity index (χ2v) is 8.14. The van der Waals surface area contributed by atoms with Gasteiger partial charge >= 0.3 is 0 Å². The van der Waals surface area contributed by atoms with Crippen LogP contribution in [0.5, 0.6) is 0 Å². The Morgan fingerprint density at radius 2 is 2.15 bits per heavy atom. The van der Waals surface area contributed by atoms with Crippen LogP contribution in [0, 0.1) is 0 Å². The number of hydrogen-bond acceptors (Lipinski definition) is 3. The van der Waals surface area contributed by atoms with Crippen molar-refractivity contribution >= 4 is 29.9 Å². The summed E-state index contributed by atoms with van der Waals surface area (Å²) in [5.74, 6) is 0.923. The van der Waals surface area contributed by atoms with Gasteiger partial charge in [-0.1, -0.05) is 6.42 Å². The lowest BCUT2D eigenvalue weighted by molar-refractivity contribution is 0.163. The van der Waals surface area contributed by atoms with E-state index in [2.05, 4.69) is 52.2 Å². The van der Waals surface area contributed by atoms with Gasteiger partial charge in [0.2, 0.25) is 0 Å². The molecule has 2 atom stereocenters. The summed E-state index contributed by atoms with van der Waals surface area (Å²) in [7, 11) is 1.86. The molecule has 2 N–H and O–H groups in total. The lowest BCUT2D eigenvalue weighted by Crippen LogP contribution is -2.48. The molecule has 0 radical (unpaired) electrons. The van der Waals surface area contributed by atoms with Crippen molar-refractivity contribution in [2.75, 3.05) is 26.7 Å². The summed E-state index contributed by atoms with van der Waals surface area (Å²) >= 11 is 0. The zero-order chi connectivity index (χ0) is 18.5. The van der Waals surface area contributed by atoms with E-state index in [1.54, 1.807) is 0 Å². The molecular formula is C20H37IN6. The van der Waals surface area contributed by atoms with Gasteiger partial charge in [0.25, 0.3) is 0 Å². The number of fused-ring (bicyclic) bond motifs is 1. The van der Waals surface area contributed by atoms with E-state index in [0.29, 0.717) is 18.1 Å². The van der Waals surface area contributed by atoms with Crippen LogP contribution in [0.4, 0.5) is 0 Å². The molecule has 0 bridgehead atoms. The van der Waals surface area contributed by atoms with E-state index in [9.17, 15) is 0 Å². The lowest BCUT2D eigenvalue weighted by atomic mass is 9.94. The van der Waals surface area contributed by atoms with Gasteiger partial charge in [-0.2, -0.15) is 5.10 Å². The van der Waals surface area contributed by atoms with E-state index in [0.717, 1.165) is 38.3 Å². The maximum absolute atomic E-state index is 4.78. The van der Waals surface area contributed by atoms with Gasteiger partial charge < -0.3 is 10.6 Å². The molecule has 2 unspecified atom stereocenters. The smallest absolute Gasteiger partial charge is 0.191 e. The van der Waals surface area contributed by atoms with E-state index >= 15 is 0 Å². The van der Waals surface area contributed by atoms with Gasteiger partial charge in [0.15, 0.2) is 5.96 Å². The quantitative estimate of drug-likeness (QED) is 0.380. The molecular weight excluding hydrogens is 451 g/mol. The van der Waals surface area contributed by atoms with Crippen LogP contribution in [0.25, 0.3) is 0 Å². The summed E-state index contributed by atoms with van der Waals surface area (Å²) in [5, 5.41) is 11.9. The van der Waals surface area contributed by atoms with E-state index in [-0.39, 0.29) is 24.0 Å². The van der Waals surface area contributed by atoms with Crippen LogP contribution in [-0.2, 0) is 12.8 Å². The van der Waals surface area contributed by atoms with Gasteiger partial charge in [-0.05, 0) is 58.6 Å². The van der Waals surface area contributed by atoms with E-state index in [1.165, 1.54) is 37.1 Å². The maximum Gasteiger partial charge on any atom is 0.191 e. The van der Waals surface area contributed by atoms with Gasteiger partial charge in [0.05, 0.1) is 5.69 Å². The molecule has 0 amide bonds. The molecule has 2 heterocycles. The Kier molecular flexibility index (Phi) is 8.85. The summed E-state index contributed by atoms with van der Waals surface area (Å²) < 4.78 is 2.10. The Balaban J connectivity index is 0.00000261. The zero-order valence-electron chi connectivity index (χ0n) is 17.4. The van der Waals surface area contributed by atoms with Gasteiger partial charge in [-0.25, -0.2) is 0 Å². The Hall–Kier alpha value is -0.830. The van der Waals surface area contributed by atoms with Gasteiger partial charge in [-0.3, -0.25) is 14.6 Å². The third-order valence-corrected chi connectivity index (χ3v) is 5.82. The number of aromatic nitrogens is 2. The van der Waals surface area contributed by atoms with E-state index in [4.69, 9.17) is 5.10 Å². The lowest BCUT2D eigenvalue weighted by Gasteiger charge is -2.33. The highest BCUT2D eigenvalue weighted by Crippen LogP contribution is 2.21. The highest BCUT2D eigenvalue weighted by Gasteiger charge is 2.23. The van der Waals surface area contributed by atoms with E-state index in [1.807, 2.05) is 7.05 Å². The highest BCUT2D eigenvalue weighted by molar-refractivity contribution is 14.0. The first-order chi connectivity index (χ1) is 12.6. The number of aryl methyl sites for hydroxylation is 1. The SMILES string of the molecule is CN=C(NCCN1CCCCC1C)NC1CCc2cn(C(C)C)nc2C1.I. The maximum atomic E-state index is 4.78. The number of likely N-dealkylation sites (tertiary alicyclic amines) is 1. The van der Waals surface area contributed by atoms with Crippen molar-refractivity contribution in [1.82, 2.24) is 25.3 Å². The average molecular weight is 488 g/mol. The molecule has 1 aromatic rings. The summed E-state index contributed by atoms with van der Waals surface area (Å²) in [6, 6.07) is 1.56. The first-order valence-electron chi connectivity index (χ1n) is 10.3. The van der Waals surface area contributed by atoms with Crippen molar-refractivity contribution in [3.05, 3.63) is 17.5 Å². The van der Waals surface area contributed by atoms with Crippen LogP contribution in [0.2, 0.25) is 0 Å². The number of guanidine groups is 1. The standard InChI is InChI=1S/C20H36N6.HI/c1-15(2)26-14-17-8-9-18(13-19(17)24-26)23-20(21-4)22-10-12-25-11-6-5-7-16(25)3;/h14-16,18H,5-13H2,1-4H3,(H2,21,22,23);1H. The Morgan fingerprint density at radius 3 is 2.85 bits per heavy atom. The number of nitrogens with one attached hydrogen (secondary N) is 2. The minimum absolute atomic E-state index is 0. The number of rotatable bonds is 5. The Labute approximate surface area is 181 Å². The molecule has 27 heavy (non-hydrogen) atoms. The molecule has 6 nitrogen and oxygen atoms in total. The zero-order valence-corrected chi connectivity index (χ0v) is 19.7. The van der Waals surface area contributed by atoms with Crippen LogP contribution in [0.1, 0.15) is 63.8 Å². The van der Waals surface area contributed by atoms with Crippen molar-refractivity contribution in [2.45, 2.75) is 77.4 Å². The number of aliphatic imine (C=N–C) groups is 1. The Bertz CT molecular complexity index is 612. The Morgan fingerprint density at radius 1 is 1.33 bits per heavy atom. The normalized spacial score (nSPS) is 23.7. The topological polar surface area (TPSA) is 57.5 Å². The van der Waals surface area contributed by atoms with Crippen molar-refractivity contribution in [3.63, 3.8) is 0 Å². The minimum atomic E-state index is 0. The molecule has 0 spiro atoms. The third kappa shape index (κ3) is 6.07. The fourth-order valence-electron chi connectivity index (χ4n) is 4.10. The predicted octanol–water partition coefficient (Wildman–Crippen LogP) is 2.98. The number of halogens is 1.